The van der Waals surface area contributed by atoms with E-state index in [2.05, 4.69) is 11.4 Å². The molecule has 0 saturated carbocycles. The molecule has 0 saturated heterocycles. The van der Waals surface area contributed by atoms with Crippen LogP contribution < -0.4 is 10.1 Å². The van der Waals surface area contributed by atoms with Gasteiger partial charge in [-0.1, -0.05) is 48.5 Å². The highest BCUT2D eigenvalue weighted by molar-refractivity contribution is 6.03. The SMILES string of the molecule is CC(=O)Oc1ccc(C(=O)N[C@H](Cc2c3ccccc3cc3ccccc23)C(=O)O)cc1. The number of benzene rings is 4. The molecular formula is C26H21NO5. The molecule has 160 valence electrons. The monoisotopic (exact) mass is 427 g/mol. The molecule has 0 heterocycles. The highest BCUT2D eigenvalue weighted by atomic mass is 16.5. The van der Waals surface area contributed by atoms with E-state index in [4.69, 9.17) is 4.74 Å². The van der Waals surface area contributed by atoms with Crippen LogP contribution in [0.4, 0.5) is 0 Å². The first-order chi connectivity index (χ1) is 15.4. The Hall–Kier alpha value is -4.19. The average Bonchev–Trinajstić information content (AvgIpc) is 2.78. The molecule has 1 amide bonds. The van der Waals surface area contributed by atoms with E-state index in [1.54, 1.807) is 0 Å². The van der Waals surface area contributed by atoms with E-state index in [9.17, 15) is 19.5 Å². The predicted molar refractivity (Wildman–Crippen MR) is 122 cm³/mol. The summed E-state index contributed by atoms with van der Waals surface area (Å²) in [5.41, 5.74) is 1.14. The maximum atomic E-state index is 12.7. The van der Waals surface area contributed by atoms with Crippen LogP contribution in [0.5, 0.6) is 5.75 Å². The summed E-state index contributed by atoms with van der Waals surface area (Å²) < 4.78 is 4.96. The van der Waals surface area contributed by atoms with Gasteiger partial charge in [0.15, 0.2) is 0 Å². The smallest absolute Gasteiger partial charge is 0.326 e. The van der Waals surface area contributed by atoms with Gasteiger partial charge in [0.05, 0.1) is 0 Å². The molecule has 0 unspecified atom stereocenters. The molecule has 1 atom stereocenters. The Morgan fingerprint density at radius 2 is 1.44 bits per heavy atom. The summed E-state index contributed by atoms with van der Waals surface area (Å²) >= 11 is 0. The lowest BCUT2D eigenvalue weighted by molar-refractivity contribution is -0.139. The third-order valence-electron chi connectivity index (χ3n) is 5.27. The molecule has 0 aliphatic rings. The van der Waals surface area contributed by atoms with Gasteiger partial charge < -0.3 is 15.2 Å². The number of aliphatic carboxylic acids is 1. The van der Waals surface area contributed by atoms with Gasteiger partial charge in [0.25, 0.3) is 5.91 Å². The second-order valence-electron chi connectivity index (χ2n) is 7.48. The van der Waals surface area contributed by atoms with Crippen molar-refractivity contribution in [2.75, 3.05) is 0 Å². The average molecular weight is 427 g/mol. The van der Waals surface area contributed by atoms with Gasteiger partial charge in [-0.3, -0.25) is 9.59 Å². The standard InChI is InChI=1S/C26H21NO5/c1-16(28)32-20-12-10-17(11-13-20)25(29)27-24(26(30)31)15-23-21-8-4-2-6-18(21)14-19-7-3-5-9-22(19)23/h2-14,24H,15H2,1H3,(H,27,29)(H,30,31)/t24-/m1/s1. The Morgan fingerprint density at radius 3 is 1.97 bits per heavy atom. The molecule has 0 aliphatic heterocycles. The number of rotatable bonds is 6. The number of carboxylic acids is 1. The van der Waals surface area contributed by atoms with Crippen molar-refractivity contribution < 1.29 is 24.2 Å². The molecule has 0 fully saturated rings. The van der Waals surface area contributed by atoms with Crippen LogP contribution in [0, 0.1) is 0 Å². The number of ether oxygens (including phenoxy) is 1. The number of carboxylic acid groups (broad SMARTS) is 1. The zero-order valence-electron chi connectivity index (χ0n) is 17.4. The van der Waals surface area contributed by atoms with E-state index in [0.29, 0.717) is 5.75 Å². The zero-order chi connectivity index (χ0) is 22.7. The number of nitrogens with one attached hydrogen (secondary N) is 1. The first-order valence-corrected chi connectivity index (χ1v) is 10.1. The van der Waals surface area contributed by atoms with Crippen LogP contribution in [0.3, 0.4) is 0 Å². The van der Waals surface area contributed by atoms with E-state index in [1.807, 2.05) is 48.5 Å². The molecule has 4 aromatic carbocycles. The molecule has 4 rings (SSSR count). The molecule has 32 heavy (non-hydrogen) atoms. The van der Waals surface area contributed by atoms with Gasteiger partial charge in [-0.25, -0.2) is 4.79 Å². The summed E-state index contributed by atoms with van der Waals surface area (Å²) in [5.74, 6) is -1.79. The van der Waals surface area contributed by atoms with Gasteiger partial charge in [0.1, 0.15) is 11.8 Å². The number of carbonyl (C=O) groups excluding carboxylic acids is 2. The third kappa shape index (κ3) is 4.44. The Kier molecular flexibility index (Phi) is 5.85. The molecule has 2 N–H and O–H groups in total. The lowest BCUT2D eigenvalue weighted by Crippen LogP contribution is -2.42. The van der Waals surface area contributed by atoms with Crippen molar-refractivity contribution in [3.05, 3.63) is 90.0 Å². The molecule has 0 bridgehead atoms. The minimum atomic E-state index is -1.12. The second-order valence-corrected chi connectivity index (χ2v) is 7.48. The number of amides is 1. The predicted octanol–water partition coefficient (Wildman–Crippen LogP) is 4.34. The van der Waals surface area contributed by atoms with E-state index >= 15 is 0 Å². The Morgan fingerprint density at radius 1 is 0.875 bits per heavy atom. The topological polar surface area (TPSA) is 92.7 Å². The molecule has 0 radical (unpaired) electrons. The fourth-order valence-corrected chi connectivity index (χ4v) is 3.81. The summed E-state index contributed by atoms with van der Waals surface area (Å²) in [6.45, 7) is 1.29. The first kappa shape index (κ1) is 21.1. The van der Waals surface area contributed by atoms with Gasteiger partial charge in [-0.15, -0.1) is 0 Å². The van der Waals surface area contributed by atoms with Crippen molar-refractivity contribution in [1.29, 1.82) is 0 Å². The summed E-state index contributed by atoms with van der Waals surface area (Å²) in [7, 11) is 0. The molecule has 0 spiro atoms. The summed E-state index contributed by atoms with van der Waals surface area (Å²) in [6, 6.07) is 22.5. The lowest BCUT2D eigenvalue weighted by atomic mass is 9.92. The van der Waals surface area contributed by atoms with Crippen LogP contribution in [0.1, 0.15) is 22.8 Å². The van der Waals surface area contributed by atoms with Crippen LogP contribution in [0.15, 0.2) is 78.9 Å². The number of carbonyl (C=O) groups is 3. The molecule has 4 aromatic rings. The van der Waals surface area contributed by atoms with Crippen LogP contribution in [0.25, 0.3) is 21.5 Å². The largest absolute Gasteiger partial charge is 0.480 e. The molecular weight excluding hydrogens is 406 g/mol. The fraction of sp³-hybridized carbons (Fsp3) is 0.115. The molecule has 0 aromatic heterocycles. The second kappa shape index (κ2) is 8.89. The highest BCUT2D eigenvalue weighted by Crippen LogP contribution is 2.29. The number of hydrogen-bond donors (Lipinski definition) is 2. The van der Waals surface area contributed by atoms with Crippen LogP contribution >= 0.6 is 0 Å². The van der Waals surface area contributed by atoms with Crippen LogP contribution in [-0.2, 0) is 16.0 Å². The van der Waals surface area contributed by atoms with Crippen molar-refractivity contribution >= 4 is 39.4 Å². The van der Waals surface area contributed by atoms with Crippen molar-refractivity contribution in [3.8, 4) is 5.75 Å². The Bertz CT molecular complexity index is 1270. The third-order valence-corrected chi connectivity index (χ3v) is 5.27. The normalized spacial score (nSPS) is 11.8. The number of hydrogen-bond acceptors (Lipinski definition) is 4. The minimum absolute atomic E-state index is 0.133. The fourth-order valence-electron chi connectivity index (χ4n) is 3.81. The quantitative estimate of drug-likeness (QED) is 0.271. The summed E-state index contributed by atoms with van der Waals surface area (Å²) in [6.07, 6.45) is 0.133. The van der Waals surface area contributed by atoms with E-state index in [0.717, 1.165) is 27.1 Å². The molecule has 0 aliphatic carbocycles. The van der Waals surface area contributed by atoms with Gasteiger partial charge >= 0.3 is 11.9 Å². The van der Waals surface area contributed by atoms with Crippen molar-refractivity contribution in [3.63, 3.8) is 0 Å². The Balaban J connectivity index is 1.64. The molecule has 6 heteroatoms. The van der Waals surface area contributed by atoms with Crippen molar-refractivity contribution in [2.24, 2.45) is 0 Å². The zero-order valence-corrected chi connectivity index (χ0v) is 17.4. The Labute approximate surface area is 184 Å². The van der Waals surface area contributed by atoms with E-state index < -0.39 is 23.9 Å². The van der Waals surface area contributed by atoms with E-state index in [-0.39, 0.29) is 12.0 Å². The number of fused-ring (bicyclic) bond motifs is 2. The maximum Gasteiger partial charge on any atom is 0.326 e. The maximum absolute atomic E-state index is 12.7. The van der Waals surface area contributed by atoms with Crippen molar-refractivity contribution in [1.82, 2.24) is 5.32 Å². The van der Waals surface area contributed by atoms with Gasteiger partial charge in [0.2, 0.25) is 0 Å². The minimum Gasteiger partial charge on any atom is -0.480 e. The van der Waals surface area contributed by atoms with Gasteiger partial charge in [0, 0.05) is 18.9 Å². The van der Waals surface area contributed by atoms with Gasteiger partial charge in [-0.05, 0) is 57.4 Å². The van der Waals surface area contributed by atoms with Gasteiger partial charge in [-0.2, -0.15) is 0 Å². The molecule has 6 nitrogen and oxygen atoms in total. The lowest BCUT2D eigenvalue weighted by Gasteiger charge is -2.18. The van der Waals surface area contributed by atoms with Crippen LogP contribution in [0.2, 0.25) is 0 Å². The van der Waals surface area contributed by atoms with E-state index in [1.165, 1.54) is 31.2 Å². The summed E-state index contributed by atoms with van der Waals surface area (Å²) in [4.78, 5) is 35.8. The first-order valence-electron chi connectivity index (χ1n) is 10.1. The van der Waals surface area contributed by atoms with Crippen molar-refractivity contribution in [2.45, 2.75) is 19.4 Å². The number of esters is 1. The summed E-state index contributed by atoms with van der Waals surface area (Å²) in [5, 5.41) is 16.4. The van der Waals surface area contributed by atoms with Crippen LogP contribution in [-0.4, -0.2) is 29.0 Å². The highest BCUT2D eigenvalue weighted by Gasteiger charge is 2.23.